The normalized spacial score (nSPS) is 18.0. The van der Waals surface area contributed by atoms with Gasteiger partial charge in [0, 0.05) is 37.2 Å². The van der Waals surface area contributed by atoms with Crippen LogP contribution in [0.3, 0.4) is 0 Å². The van der Waals surface area contributed by atoms with Gasteiger partial charge in [0.25, 0.3) is 0 Å². The Bertz CT molecular complexity index is 1410. The Balaban J connectivity index is 1.48. The smallest absolute Gasteiger partial charge is 0.245 e. The standard InChI is InChI=1S/C29H27N3O3/c1-2-26(34)32-17-29(18-32)9-10-31(16-29)25-13-20-7-5-11-35-28(20)27(24(25)15-30)23-14-21(33)12-19-6-3-4-8-22(19)23/h2-4,6,8,12-14,33H,1,5,7,9-11,16-18H2. The van der Waals surface area contributed by atoms with Gasteiger partial charge in [-0.15, -0.1) is 0 Å². The number of nitriles is 1. The number of phenolic OH excluding ortho intramolecular Hbond substituents is 1. The number of hydrogen-bond donors (Lipinski definition) is 1. The van der Waals surface area contributed by atoms with Gasteiger partial charge in [0.15, 0.2) is 0 Å². The first-order valence-corrected chi connectivity index (χ1v) is 12.1. The van der Waals surface area contributed by atoms with E-state index in [0.29, 0.717) is 12.2 Å². The van der Waals surface area contributed by atoms with E-state index in [1.807, 2.05) is 29.2 Å². The van der Waals surface area contributed by atoms with Gasteiger partial charge in [-0.25, -0.2) is 0 Å². The Kier molecular flexibility index (Phi) is 4.96. The van der Waals surface area contributed by atoms with Gasteiger partial charge in [-0.2, -0.15) is 5.26 Å². The lowest BCUT2D eigenvalue weighted by Gasteiger charge is -2.47. The molecule has 0 aliphatic carbocycles. The number of likely N-dealkylation sites (tertiary alicyclic amines) is 1. The van der Waals surface area contributed by atoms with Crippen molar-refractivity contribution in [2.24, 2.45) is 5.41 Å². The van der Waals surface area contributed by atoms with Crippen LogP contribution < -0.4 is 9.64 Å². The zero-order valence-corrected chi connectivity index (χ0v) is 19.6. The summed E-state index contributed by atoms with van der Waals surface area (Å²) in [6, 6.07) is 16.0. The maximum absolute atomic E-state index is 12.0. The number of anilines is 1. The topological polar surface area (TPSA) is 76.8 Å². The molecule has 2 fully saturated rings. The molecule has 1 N–H and O–H groups in total. The van der Waals surface area contributed by atoms with E-state index in [4.69, 9.17) is 4.74 Å². The van der Waals surface area contributed by atoms with Gasteiger partial charge in [-0.3, -0.25) is 4.79 Å². The SMILES string of the molecule is C=CC(=O)N1CC2(CCN(c3cc4c(c(-c5cc(O)cc6ccccc56)c3C#N)OCCC4)C2)C1. The van der Waals surface area contributed by atoms with Crippen molar-refractivity contribution < 1.29 is 14.6 Å². The molecule has 0 saturated carbocycles. The quantitative estimate of drug-likeness (QED) is 0.571. The molecule has 0 bridgehead atoms. The van der Waals surface area contributed by atoms with E-state index in [1.165, 1.54) is 6.08 Å². The summed E-state index contributed by atoms with van der Waals surface area (Å²) in [6.07, 6.45) is 4.18. The number of aromatic hydroxyl groups is 1. The second-order valence-electron chi connectivity index (χ2n) is 9.98. The lowest BCUT2D eigenvalue weighted by molar-refractivity contribution is -0.136. The van der Waals surface area contributed by atoms with Gasteiger partial charge in [0.1, 0.15) is 17.6 Å². The third kappa shape index (κ3) is 3.42. The molecule has 0 unspecified atom stereocenters. The predicted octanol–water partition coefficient (Wildman–Crippen LogP) is 4.63. The Labute approximate surface area is 204 Å². The van der Waals surface area contributed by atoms with Crippen LogP contribution in [0.15, 0.2) is 55.1 Å². The van der Waals surface area contributed by atoms with Gasteiger partial charge in [-0.1, -0.05) is 30.8 Å². The van der Waals surface area contributed by atoms with Crippen molar-refractivity contribution in [2.45, 2.75) is 19.3 Å². The minimum absolute atomic E-state index is 0.0178. The van der Waals surface area contributed by atoms with Crippen molar-refractivity contribution in [1.82, 2.24) is 4.90 Å². The highest BCUT2D eigenvalue weighted by Crippen LogP contribution is 2.49. The monoisotopic (exact) mass is 465 g/mol. The first-order valence-electron chi connectivity index (χ1n) is 12.1. The van der Waals surface area contributed by atoms with Crippen molar-refractivity contribution in [3.05, 3.63) is 66.2 Å². The molecule has 1 spiro atoms. The van der Waals surface area contributed by atoms with Crippen LogP contribution in [0.5, 0.6) is 11.5 Å². The molecule has 3 heterocycles. The van der Waals surface area contributed by atoms with E-state index in [9.17, 15) is 15.2 Å². The van der Waals surface area contributed by atoms with Crippen molar-refractivity contribution in [1.29, 1.82) is 5.26 Å². The highest BCUT2D eigenvalue weighted by molar-refractivity contribution is 6.02. The third-order valence-electron chi connectivity index (χ3n) is 7.72. The third-order valence-corrected chi connectivity index (χ3v) is 7.72. The molecule has 3 aromatic rings. The minimum Gasteiger partial charge on any atom is -0.508 e. The molecule has 1 amide bonds. The highest BCUT2D eigenvalue weighted by atomic mass is 16.5. The number of hydrogen-bond acceptors (Lipinski definition) is 5. The first-order chi connectivity index (χ1) is 17.0. The number of carbonyl (C=O) groups is 1. The molecule has 6 heteroatoms. The number of nitrogens with zero attached hydrogens (tertiary/aromatic N) is 3. The molecule has 3 aliphatic rings. The average Bonchev–Trinajstić information content (AvgIpc) is 3.31. The fraction of sp³-hybridized carbons (Fsp3) is 0.310. The van der Waals surface area contributed by atoms with Crippen molar-refractivity contribution in [3.8, 4) is 28.7 Å². The molecule has 0 radical (unpaired) electrons. The maximum atomic E-state index is 12.0. The van der Waals surface area contributed by atoms with E-state index in [0.717, 1.165) is 84.3 Å². The number of benzene rings is 3. The van der Waals surface area contributed by atoms with Crippen molar-refractivity contribution in [2.75, 3.05) is 37.7 Å². The molecule has 35 heavy (non-hydrogen) atoms. The van der Waals surface area contributed by atoms with Crippen LogP contribution in [0.1, 0.15) is 24.0 Å². The maximum Gasteiger partial charge on any atom is 0.245 e. The summed E-state index contributed by atoms with van der Waals surface area (Å²) in [5.74, 6) is 0.905. The zero-order valence-electron chi connectivity index (χ0n) is 19.6. The Morgan fingerprint density at radius 1 is 1.20 bits per heavy atom. The summed E-state index contributed by atoms with van der Waals surface area (Å²) in [5, 5.41) is 22.9. The average molecular weight is 466 g/mol. The van der Waals surface area contributed by atoms with Crippen LogP contribution in [0.4, 0.5) is 5.69 Å². The second kappa shape index (κ2) is 8.06. The van der Waals surface area contributed by atoms with Crippen molar-refractivity contribution >= 4 is 22.4 Å². The van der Waals surface area contributed by atoms with Gasteiger partial charge >= 0.3 is 0 Å². The Hall–Kier alpha value is -3.98. The number of fused-ring (bicyclic) bond motifs is 2. The van der Waals surface area contributed by atoms with Crippen LogP contribution in [-0.4, -0.2) is 48.7 Å². The Morgan fingerprint density at radius 3 is 2.83 bits per heavy atom. The molecule has 0 aromatic heterocycles. The van der Waals surface area contributed by atoms with Crippen LogP contribution in [-0.2, 0) is 11.2 Å². The molecule has 2 saturated heterocycles. The van der Waals surface area contributed by atoms with Gasteiger partial charge in [0.05, 0.1) is 17.9 Å². The predicted molar refractivity (Wildman–Crippen MR) is 136 cm³/mol. The van der Waals surface area contributed by atoms with E-state index in [1.54, 1.807) is 12.1 Å². The summed E-state index contributed by atoms with van der Waals surface area (Å²) in [7, 11) is 0. The molecule has 0 atom stereocenters. The minimum atomic E-state index is -0.0178. The van der Waals surface area contributed by atoms with E-state index < -0.39 is 0 Å². The van der Waals surface area contributed by atoms with Crippen LogP contribution in [0.25, 0.3) is 21.9 Å². The first kappa shape index (κ1) is 21.5. The summed E-state index contributed by atoms with van der Waals surface area (Å²) in [6.45, 7) is 7.32. The summed E-state index contributed by atoms with van der Waals surface area (Å²) >= 11 is 0. The second-order valence-corrected chi connectivity index (χ2v) is 9.98. The van der Waals surface area contributed by atoms with E-state index in [2.05, 4.69) is 23.6 Å². The molecule has 176 valence electrons. The molecular formula is C29H27N3O3. The lowest BCUT2D eigenvalue weighted by Crippen LogP contribution is -2.59. The molecule has 6 nitrogen and oxygen atoms in total. The summed E-state index contributed by atoms with van der Waals surface area (Å²) < 4.78 is 6.18. The highest BCUT2D eigenvalue weighted by Gasteiger charge is 2.49. The number of amides is 1. The lowest BCUT2D eigenvalue weighted by atomic mass is 9.79. The number of aryl methyl sites for hydroxylation is 1. The number of rotatable bonds is 3. The fourth-order valence-electron chi connectivity index (χ4n) is 6.06. The van der Waals surface area contributed by atoms with Gasteiger partial charge in [0.2, 0.25) is 5.91 Å². The largest absolute Gasteiger partial charge is 0.508 e. The number of ether oxygens (including phenoxy) is 1. The van der Waals surface area contributed by atoms with Crippen molar-refractivity contribution in [3.63, 3.8) is 0 Å². The zero-order chi connectivity index (χ0) is 24.2. The van der Waals surface area contributed by atoms with Gasteiger partial charge < -0.3 is 19.6 Å². The molecule has 3 aromatic carbocycles. The summed E-state index contributed by atoms with van der Waals surface area (Å²) in [4.78, 5) is 16.1. The van der Waals surface area contributed by atoms with E-state index in [-0.39, 0.29) is 17.1 Å². The van der Waals surface area contributed by atoms with E-state index >= 15 is 0 Å². The van der Waals surface area contributed by atoms with Crippen LogP contribution in [0, 0.1) is 16.7 Å². The number of carbonyl (C=O) groups excluding carboxylic acids is 1. The molecular weight excluding hydrogens is 438 g/mol. The fourth-order valence-corrected chi connectivity index (χ4v) is 6.06. The number of phenols is 1. The Morgan fingerprint density at radius 2 is 2.03 bits per heavy atom. The van der Waals surface area contributed by atoms with Gasteiger partial charge in [-0.05, 0) is 65.4 Å². The van der Waals surface area contributed by atoms with Crippen LogP contribution >= 0.6 is 0 Å². The molecule has 3 aliphatic heterocycles. The molecule has 6 rings (SSSR count). The summed E-state index contributed by atoms with van der Waals surface area (Å²) in [5.41, 5.74) is 4.25. The van der Waals surface area contributed by atoms with Crippen LogP contribution in [0.2, 0.25) is 0 Å².